The lowest BCUT2D eigenvalue weighted by atomic mass is 10.2. The van der Waals surface area contributed by atoms with Crippen LogP contribution in [0.1, 0.15) is 5.56 Å². The number of hydrogen-bond donors (Lipinski definition) is 1. The number of benzene rings is 3. The molecule has 0 saturated heterocycles. The highest BCUT2D eigenvalue weighted by molar-refractivity contribution is 9.10. The van der Waals surface area contributed by atoms with Crippen molar-refractivity contribution in [3.63, 3.8) is 0 Å². The van der Waals surface area contributed by atoms with E-state index in [0.717, 1.165) is 8.78 Å². The smallest absolute Gasteiger partial charge is 0.243 e. The van der Waals surface area contributed by atoms with Gasteiger partial charge in [-0.15, -0.1) is 0 Å². The summed E-state index contributed by atoms with van der Waals surface area (Å²) in [4.78, 5) is 12.6. The molecule has 0 saturated carbocycles. The largest absolute Gasteiger partial charge is 0.325 e. The Kier molecular flexibility index (Phi) is 7.25. The van der Waals surface area contributed by atoms with Gasteiger partial charge in [-0.2, -0.15) is 4.31 Å². The van der Waals surface area contributed by atoms with Crippen LogP contribution in [0.2, 0.25) is 5.02 Å². The van der Waals surface area contributed by atoms with Crippen molar-refractivity contribution in [3.05, 3.63) is 93.7 Å². The second kappa shape index (κ2) is 9.70. The summed E-state index contributed by atoms with van der Waals surface area (Å²) < 4.78 is 41.5. The van der Waals surface area contributed by atoms with Crippen LogP contribution in [0.4, 0.5) is 10.1 Å². The molecule has 5 nitrogen and oxygen atoms in total. The summed E-state index contributed by atoms with van der Waals surface area (Å²) in [5.41, 5.74) is 1.08. The third-order valence-electron chi connectivity index (χ3n) is 4.17. The molecule has 9 heteroatoms. The number of hydrogen-bond acceptors (Lipinski definition) is 3. The van der Waals surface area contributed by atoms with Crippen molar-refractivity contribution >= 4 is 49.1 Å². The van der Waals surface area contributed by atoms with E-state index in [1.807, 2.05) is 0 Å². The summed E-state index contributed by atoms with van der Waals surface area (Å²) in [6, 6.07) is 18.0. The third kappa shape index (κ3) is 5.89. The van der Waals surface area contributed by atoms with Crippen molar-refractivity contribution < 1.29 is 17.6 Å². The number of carbonyl (C=O) groups is 1. The van der Waals surface area contributed by atoms with E-state index in [1.165, 1.54) is 48.5 Å². The standard InChI is InChI=1S/C21H17BrClFN2O3S/c22-16-3-9-19(10-4-16)25-21(27)14-26(13-15-1-7-18(24)8-2-15)30(28,29)20-11-5-17(23)6-12-20/h1-12H,13-14H2,(H,25,27). The Bertz CT molecular complexity index is 1120. The quantitative estimate of drug-likeness (QED) is 0.482. The molecule has 1 N–H and O–H groups in total. The second-order valence-corrected chi connectivity index (χ2v) is 9.70. The van der Waals surface area contributed by atoms with Gasteiger partial charge in [0.1, 0.15) is 5.82 Å². The fourth-order valence-corrected chi connectivity index (χ4v) is 4.44. The van der Waals surface area contributed by atoms with E-state index in [4.69, 9.17) is 11.6 Å². The van der Waals surface area contributed by atoms with Gasteiger partial charge in [0.25, 0.3) is 0 Å². The number of sulfonamides is 1. The molecule has 3 aromatic carbocycles. The zero-order valence-electron chi connectivity index (χ0n) is 15.6. The minimum atomic E-state index is -4.01. The van der Waals surface area contributed by atoms with Gasteiger partial charge in [-0.1, -0.05) is 39.7 Å². The predicted molar refractivity (Wildman–Crippen MR) is 118 cm³/mol. The predicted octanol–water partition coefficient (Wildman–Crippen LogP) is 5.07. The van der Waals surface area contributed by atoms with Crippen molar-refractivity contribution in [3.8, 4) is 0 Å². The molecule has 0 aliphatic heterocycles. The molecule has 0 radical (unpaired) electrons. The maximum absolute atomic E-state index is 13.2. The topological polar surface area (TPSA) is 66.5 Å². The van der Waals surface area contributed by atoms with Gasteiger partial charge in [0.15, 0.2) is 0 Å². The summed E-state index contributed by atoms with van der Waals surface area (Å²) in [6.45, 7) is -0.516. The highest BCUT2D eigenvalue weighted by Gasteiger charge is 2.27. The van der Waals surface area contributed by atoms with E-state index >= 15 is 0 Å². The molecule has 0 fully saturated rings. The van der Waals surface area contributed by atoms with Crippen LogP contribution in [0.3, 0.4) is 0 Å². The molecule has 0 aliphatic rings. The molecule has 3 rings (SSSR count). The molecular formula is C21H17BrClFN2O3S. The lowest BCUT2D eigenvalue weighted by Crippen LogP contribution is -2.37. The zero-order valence-corrected chi connectivity index (χ0v) is 18.7. The Balaban J connectivity index is 1.86. The Morgan fingerprint density at radius 2 is 1.57 bits per heavy atom. The summed E-state index contributed by atoms with van der Waals surface area (Å²) >= 11 is 9.17. The van der Waals surface area contributed by atoms with Crippen LogP contribution >= 0.6 is 27.5 Å². The van der Waals surface area contributed by atoms with E-state index < -0.39 is 28.3 Å². The number of anilines is 1. The minimum absolute atomic E-state index is 0.00505. The highest BCUT2D eigenvalue weighted by Crippen LogP contribution is 2.21. The van der Waals surface area contributed by atoms with Crippen molar-refractivity contribution in [1.29, 1.82) is 0 Å². The van der Waals surface area contributed by atoms with Gasteiger partial charge in [-0.05, 0) is 66.2 Å². The average Bonchev–Trinajstić information content (AvgIpc) is 2.71. The molecule has 0 spiro atoms. The molecule has 0 unspecified atom stereocenters. The Labute approximate surface area is 187 Å². The third-order valence-corrected chi connectivity index (χ3v) is 6.76. The van der Waals surface area contributed by atoms with E-state index in [0.29, 0.717) is 16.3 Å². The first-order chi connectivity index (χ1) is 14.2. The number of nitrogens with one attached hydrogen (secondary N) is 1. The van der Waals surface area contributed by atoms with Crippen molar-refractivity contribution in [1.82, 2.24) is 4.31 Å². The van der Waals surface area contributed by atoms with Crippen LogP contribution < -0.4 is 5.32 Å². The van der Waals surface area contributed by atoms with Crippen molar-refractivity contribution in [2.24, 2.45) is 0 Å². The molecule has 0 aromatic heterocycles. The number of amides is 1. The van der Waals surface area contributed by atoms with E-state index in [2.05, 4.69) is 21.2 Å². The molecule has 0 bridgehead atoms. The van der Waals surface area contributed by atoms with E-state index in [-0.39, 0.29) is 11.4 Å². The Morgan fingerprint density at radius 1 is 0.967 bits per heavy atom. The number of nitrogens with zero attached hydrogens (tertiary/aromatic N) is 1. The molecule has 1 amide bonds. The summed E-state index contributed by atoms with van der Waals surface area (Å²) in [5, 5.41) is 3.08. The molecule has 3 aromatic rings. The first-order valence-electron chi connectivity index (χ1n) is 8.79. The first-order valence-corrected chi connectivity index (χ1v) is 11.4. The van der Waals surface area contributed by atoms with Crippen LogP contribution in [0.25, 0.3) is 0 Å². The van der Waals surface area contributed by atoms with Crippen LogP contribution in [0.15, 0.2) is 82.2 Å². The fourth-order valence-electron chi connectivity index (χ4n) is 2.67. The van der Waals surface area contributed by atoms with Gasteiger partial charge >= 0.3 is 0 Å². The fraction of sp³-hybridized carbons (Fsp3) is 0.0952. The van der Waals surface area contributed by atoms with Crippen LogP contribution in [-0.4, -0.2) is 25.2 Å². The molecule has 0 aliphatic carbocycles. The maximum Gasteiger partial charge on any atom is 0.243 e. The van der Waals surface area contributed by atoms with Crippen molar-refractivity contribution in [2.75, 3.05) is 11.9 Å². The van der Waals surface area contributed by atoms with E-state index in [9.17, 15) is 17.6 Å². The normalized spacial score (nSPS) is 11.5. The number of carbonyl (C=O) groups excluding carboxylic acids is 1. The SMILES string of the molecule is O=C(CN(Cc1ccc(F)cc1)S(=O)(=O)c1ccc(Cl)cc1)Nc1ccc(Br)cc1. The summed E-state index contributed by atoms with van der Waals surface area (Å²) in [7, 11) is -4.01. The second-order valence-electron chi connectivity index (χ2n) is 6.41. The van der Waals surface area contributed by atoms with Crippen LogP contribution in [0.5, 0.6) is 0 Å². The lowest BCUT2D eigenvalue weighted by Gasteiger charge is -2.22. The van der Waals surface area contributed by atoms with Gasteiger partial charge in [0.2, 0.25) is 15.9 Å². The molecule has 30 heavy (non-hydrogen) atoms. The minimum Gasteiger partial charge on any atom is -0.325 e. The van der Waals surface area contributed by atoms with Gasteiger partial charge in [-0.25, -0.2) is 12.8 Å². The maximum atomic E-state index is 13.2. The molecule has 0 heterocycles. The van der Waals surface area contributed by atoms with Crippen LogP contribution in [-0.2, 0) is 21.4 Å². The number of halogens is 3. The Hall–Kier alpha value is -2.26. The zero-order chi connectivity index (χ0) is 21.7. The first kappa shape index (κ1) is 22.4. The van der Waals surface area contributed by atoms with E-state index in [1.54, 1.807) is 24.3 Å². The highest BCUT2D eigenvalue weighted by atomic mass is 79.9. The summed E-state index contributed by atoms with van der Waals surface area (Å²) in [6.07, 6.45) is 0. The Morgan fingerprint density at radius 3 is 2.17 bits per heavy atom. The lowest BCUT2D eigenvalue weighted by molar-refractivity contribution is -0.116. The molecular weight excluding hydrogens is 495 g/mol. The average molecular weight is 512 g/mol. The molecule has 0 atom stereocenters. The van der Waals surface area contributed by atoms with Gasteiger partial charge < -0.3 is 5.32 Å². The molecule has 156 valence electrons. The van der Waals surface area contributed by atoms with Crippen molar-refractivity contribution in [2.45, 2.75) is 11.4 Å². The van der Waals surface area contributed by atoms with Gasteiger partial charge in [0.05, 0.1) is 11.4 Å². The van der Waals surface area contributed by atoms with Gasteiger partial charge in [0, 0.05) is 21.7 Å². The van der Waals surface area contributed by atoms with Crippen LogP contribution in [0, 0.1) is 5.82 Å². The number of rotatable bonds is 7. The summed E-state index contributed by atoms with van der Waals surface area (Å²) in [5.74, 6) is -0.934. The monoisotopic (exact) mass is 510 g/mol. The van der Waals surface area contributed by atoms with Gasteiger partial charge in [-0.3, -0.25) is 4.79 Å².